The van der Waals surface area contributed by atoms with E-state index in [9.17, 15) is 0 Å². The number of nitrogens with zero attached hydrogens (tertiary/aromatic N) is 3. The molecule has 1 rings (SSSR count). The summed E-state index contributed by atoms with van der Waals surface area (Å²) in [6, 6.07) is 1.76. The molecule has 0 N–H and O–H groups in total. The van der Waals surface area contributed by atoms with Crippen molar-refractivity contribution in [2.24, 2.45) is 10.9 Å². The van der Waals surface area contributed by atoms with Crippen molar-refractivity contribution in [3.8, 4) is 5.88 Å². The van der Waals surface area contributed by atoms with Gasteiger partial charge in [0, 0.05) is 13.6 Å². The van der Waals surface area contributed by atoms with Crippen LogP contribution in [0.1, 0.15) is 33.6 Å². The Morgan fingerprint density at radius 1 is 1.52 bits per heavy atom. The van der Waals surface area contributed by atoms with Crippen molar-refractivity contribution in [2.75, 3.05) is 20.2 Å². The summed E-state index contributed by atoms with van der Waals surface area (Å²) < 4.78 is 6.27. The minimum absolute atomic E-state index is 0.454. The van der Waals surface area contributed by atoms with Gasteiger partial charge in [0.05, 0.1) is 18.6 Å². The highest BCUT2D eigenvalue weighted by Gasteiger charge is 2.09. The minimum Gasteiger partial charge on any atom is -0.477 e. The van der Waals surface area contributed by atoms with Crippen LogP contribution in [-0.2, 0) is 0 Å². The molecule has 0 bridgehead atoms. The van der Waals surface area contributed by atoms with Gasteiger partial charge in [-0.25, -0.2) is 9.98 Å². The molecular formula is C15H23BrClN3O. The lowest BCUT2D eigenvalue weighted by molar-refractivity contribution is 0.287. The molecule has 0 aliphatic rings. The zero-order valence-electron chi connectivity index (χ0n) is 13.1. The van der Waals surface area contributed by atoms with Crippen molar-refractivity contribution in [3.63, 3.8) is 0 Å². The van der Waals surface area contributed by atoms with Crippen molar-refractivity contribution in [3.05, 3.63) is 15.7 Å². The van der Waals surface area contributed by atoms with Gasteiger partial charge in [0.2, 0.25) is 5.88 Å². The lowest BCUT2D eigenvalue weighted by Gasteiger charge is -2.11. The van der Waals surface area contributed by atoms with Gasteiger partial charge >= 0.3 is 0 Å². The third-order valence-electron chi connectivity index (χ3n) is 2.94. The number of ether oxygens (including phenoxy) is 1. The van der Waals surface area contributed by atoms with E-state index in [0.717, 1.165) is 19.4 Å². The Kier molecular flexibility index (Phi) is 8.04. The summed E-state index contributed by atoms with van der Waals surface area (Å²) in [6.45, 7) is 7.96. The Bertz CT molecular complexity index is 480. The zero-order valence-corrected chi connectivity index (χ0v) is 15.4. The number of aromatic nitrogens is 1. The van der Waals surface area contributed by atoms with E-state index < -0.39 is 0 Å². The van der Waals surface area contributed by atoms with Gasteiger partial charge in [-0.05, 0) is 47.7 Å². The van der Waals surface area contributed by atoms with Gasteiger partial charge in [-0.3, -0.25) is 0 Å². The fourth-order valence-electron chi connectivity index (χ4n) is 1.54. The van der Waals surface area contributed by atoms with Crippen LogP contribution in [0.3, 0.4) is 0 Å². The van der Waals surface area contributed by atoms with Gasteiger partial charge in [0.15, 0.2) is 0 Å². The SMILES string of the molecule is CCN(C)C=Nc1cc(Cl)c(OCCCC(C)C)nc1Br. The average Bonchev–Trinajstić information content (AvgIpc) is 2.44. The van der Waals surface area contributed by atoms with E-state index in [-0.39, 0.29) is 0 Å². The molecule has 21 heavy (non-hydrogen) atoms. The summed E-state index contributed by atoms with van der Waals surface area (Å²) in [7, 11) is 1.96. The molecule has 0 unspecified atom stereocenters. The summed E-state index contributed by atoms with van der Waals surface area (Å²) in [4.78, 5) is 10.6. The second-order valence-corrected chi connectivity index (χ2v) is 6.45. The molecule has 0 saturated heterocycles. The van der Waals surface area contributed by atoms with Crippen LogP contribution in [0.4, 0.5) is 5.69 Å². The first-order valence-corrected chi connectivity index (χ1v) is 8.34. The first-order valence-electron chi connectivity index (χ1n) is 7.17. The molecule has 0 spiro atoms. The molecule has 1 aromatic heterocycles. The first kappa shape index (κ1) is 18.2. The molecule has 0 radical (unpaired) electrons. The van der Waals surface area contributed by atoms with Gasteiger partial charge in [0.1, 0.15) is 9.63 Å². The number of halogens is 2. The minimum atomic E-state index is 0.454. The molecule has 0 amide bonds. The molecular weight excluding hydrogens is 354 g/mol. The van der Waals surface area contributed by atoms with Gasteiger partial charge in [-0.15, -0.1) is 0 Å². The third kappa shape index (κ3) is 6.66. The molecule has 0 aliphatic carbocycles. The fourth-order valence-corrected chi connectivity index (χ4v) is 2.11. The first-order chi connectivity index (χ1) is 9.93. The van der Waals surface area contributed by atoms with Gasteiger partial charge in [-0.2, -0.15) is 0 Å². The summed E-state index contributed by atoms with van der Waals surface area (Å²) >= 11 is 9.60. The van der Waals surface area contributed by atoms with Crippen molar-refractivity contribution in [2.45, 2.75) is 33.6 Å². The maximum absolute atomic E-state index is 6.20. The van der Waals surface area contributed by atoms with Gasteiger partial charge in [-0.1, -0.05) is 25.4 Å². The van der Waals surface area contributed by atoms with Gasteiger partial charge in [0.25, 0.3) is 0 Å². The Morgan fingerprint density at radius 3 is 2.86 bits per heavy atom. The Labute approximate surface area is 140 Å². The fraction of sp³-hybridized carbons (Fsp3) is 0.600. The standard InChI is InChI=1S/C15H23BrClN3O/c1-5-20(4)10-18-13-9-12(17)15(19-14(13)16)21-8-6-7-11(2)3/h9-11H,5-8H2,1-4H3. The van der Waals surface area contributed by atoms with E-state index in [1.807, 2.05) is 11.9 Å². The number of hydrogen-bond acceptors (Lipinski definition) is 3. The van der Waals surface area contributed by atoms with Crippen molar-refractivity contribution in [1.29, 1.82) is 0 Å². The molecule has 0 atom stereocenters. The largest absolute Gasteiger partial charge is 0.477 e. The van der Waals surface area contributed by atoms with Crippen LogP contribution in [0, 0.1) is 5.92 Å². The van der Waals surface area contributed by atoms with Crippen molar-refractivity contribution < 1.29 is 4.74 Å². The maximum atomic E-state index is 6.20. The summed E-state index contributed by atoms with van der Waals surface area (Å²) in [5.74, 6) is 1.13. The number of aliphatic imine (C=N–C) groups is 1. The van der Waals surface area contributed by atoms with Crippen LogP contribution in [0.5, 0.6) is 5.88 Å². The smallest absolute Gasteiger partial charge is 0.233 e. The predicted octanol–water partition coefficient (Wildman–Crippen LogP) is 4.92. The quantitative estimate of drug-likeness (QED) is 0.279. The van der Waals surface area contributed by atoms with E-state index in [1.165, 1.54) is 0 Å². The highest BCUT2D eigenvalue weighted by atomic mass is 79.9. The molecule has 0 aromatic carbocycles. The van der Waals surface area contributed by atoms with Crippen LogP contribution in [-0.4, -0.2) is 36.4 Å². The monoisotopic (exact) mass is 375 g/mol. The van der Waals surface area contributed by atoms with E-state index in [2.05, 4.69) is 46.7 Å². The summed E-state index contributed by atoms with van der Waals surface area (Å²) in [6.07, 6.45) is 3.88. The molecule has 1 aromatic rings. The second kappa shape index (κ2) is 9.26. The molecule has 118 valence electrons. The number of pyridine rings is 1. The predicted molar refractivity (Wildman–Crippen MR) is 93.0 cm³/mol. The Balaban J connectivity index is 2.68. The van der Waals surface area contributed by atoms with Crippen LogP contribution < -0.4 is 4.74 Å². The molecule has 1 heterocycles. The van der Waals surface area contributed by atoms with E-state index in [4.69, 9.17) is 16.3 Å². The molecule has 4 nitrogen and oxygen atoms in total. The third-order valence-corrected chi connectivity index (χ3v) is 3.79. The van der Waals surface area contributed by atoms with E-state index in [1.54, 1.807) is 12.4 Å². The van der Waals surface area contributed by atoms with Crippen LogP contribution in [0.15, 0.2) is 15.7 Å². The van der Waals surface area contributed by atoms with E-state index >= 15 is 0 Å². The average molecular weight is 377 g/mol. The highest BCUT2D eigenvalue weighted by molar-refractivity contribution is 9.10. The summed E-state index contributed by atoms with van der Waals surface area (Å²) in [5.41, 5.74) is 0.690. The molecule has 6 heteroatoms. The normalized spacial score (nSPS) is 11.4. The highest BCUT2D eigenvalue weighted by Crippen LogP contribution is 2.32. The maximum Gasteiger partial charge on any atom is 0.233 e. The molecule has 0 aliphatic heterocycles. The molecule has 0 fully saturated rings. The van der Waals surface area contributed by atoms with Crippen LogP contribution >= 0.6 is 27.5 Å². The van der Waals surface area contributed by atoms with E-state index in [0.29, 0.717) is 33.7 Å². The zero-order chi connectivity index (χ0) is 15.8. The second-order valence-electron chi connectivity index (χ2n) is 5.29. The molecule has 0 saturated carbocycles. The Morgan fingerprint density at radius 2 is 2.24 bits per heavy atom. The number of rotatable bonds is 8. The Hall–Kier alpha value is -0.810. The van der Waals surface area contributed by atoms with Crippen molar-refractivity contribution >= 4 is 39.6 Å². The topological polar surface area (TPSA) is 37.7 Å². The van der Waals surface area contributed by atoms with Crippen LogP contribution in [0.2, 0.25) is 5.02 Å². The lowest BCUT2D eigenvalue weighted by Crippen LogP contribution is -2.14. The summed E-state index contributed by atoms with van der Waals surface area (Å²) in [5, 5.41) is 0.481. The van der Waals surface area contributed by atoms with Crippen molar-refractivity contribution in [1.82, 2.24) is 9.88 Å². The number of hydrogen-bond donors (Lipinski definition) is 0. The van der Waals surface area contributed by atoms with Crippen LogP contribution in [0.25, 0.3) is 0 Å². The lowest BCUT2D eigenvalue weighted by atomic mass is 10.1. The van der Waals surface area contributed by atoms with Gasteiger partial charge < -0.3 is 9.64 Å².